The first kappa shape index (κ1) is 30.9. The molecule has 7 aromatic rings. The summed E-state index contributed by atoms with van der Waals surface area (Å²) in [5, 5.41) is 6.28. The highest BCUT2D eigenvalue weighted by Gasteiger charge is 2.22. The van der Waals surface area contributed by atoms with E-state index < -0.39 is 0 Å². The van der Waals surface area contributed by atoms with Crippen LogP contribution in [0.3, 0.4) is 0 Å². The number of pyridine rings is 2. The normalized spacial score (nSPS) is 13.9. The summed E-state index contributed by atoms with van der Waals surface area (Å²) >= 11 is 9.98. The molecule has 48 heavy (non-hydrogen) atoms. The third-order valence-corrected chi connectivity index (χ3v) is 11.4. The predicted molar refractivity (Wildman–Crippen MR) is 193 cm³/mol. The van der Waals surface area contributed by atoms with Crippen LogP contribution in [0, 0.1) is 5.82 Å². The lowest BCUT2D eigenvalue weighted by atomic mass is 9.97. The molecule has 6 aromatic heterocycles. The highest BCUT2D eigenvalue weighted by molar-refractivity contribution is 7.19. The van der Waals surface area contributed by atoms with Gasteiger partial charge in [-0.2, -0.15) is 0 Å². The maximum atomic E-state index is 13.2. The van der Waals surface area contributed by atoms with Crippen LogP contribution < -0.4 is 5.32 Å². The lowest BCUT2D eigenvalue weighted by Gasteiger charge is -2.13. The smallest absolute Gasteiger partial charge is 0.164 e. The number of hydrogen-bond donors (Lipinski definition) is 1. The molecule has 0 bridgehead atoms. The Labute approximate surface area is 290 Å². The third-order valence-electron chi connectivity index (χ3n) is 8.80. The standard InChI is InChI=1S/C22H19FN4S.C15H12ClN3S/c23-16-9-7-14(8-10-16)12-25-21-19-17-5-1-2-6-18(17)28-22(19)27-20(26-21)15-4-3-11-24-13-15;16-13-12-10-5-1-2-6-11(10)20-15(12)19-14(18-13)9-4-3-7-17-8-9/h3-4,7-11,13H,1-2,5-6,12H2,(H,25,26,27);3-4,7-8H,1-2,5-6H2. The van der Waals surface area contributed by atoms with Crippen molar-refractivity contribution in [2.24, 2.45) is 0 Å². The predicted octanol–water partition coefficient (Wildman–Crippen LogP) is 9.67. The quantitative estimate of drug-likeness (QED) is 0.180. The first-order chi connectivity index (χ1) is 23.6. The van der Waals surface area contributed by atoms with Crippen LogP contribution in [0.25, 0.3) is 43.2 Å². The van der Waals surface area contributed by atoms with Crippen LogP contribution in [0.1, 0.15) is 52.1 Å². The SMILES string of the molecule is Clc1nc(-c2cccnc2)nc2sc3c(c12)CCCC3.Fc1ccc(CNc2nc(-c3cccnc3)nc3sc4c(c23)CCCC4)cc1. The number of aryl methyl sites for hydroxylation is 4. The molecule has 0 radical (unpaired) electrons. The Kier molecular flexibility index (Phi) is 8.78. The van der Waals surface area contributed by atoms with E-state index in [1.807, 2.05) is 24.3 Å². The molecule has 0 saturated heterocycles. The molecular weight excluding hydrogens is 661 g/mol. The van der Waals surface area contributed by atoms with Gasteiger partial charge in [-0.25, -0.2) is 24.3 Å². The van der Waals surface area contributed by atoms with Crippen molar-refractivity contribution < 1.29 is 4.39 Å². The van der Waals surface area contributed by atoms with E-state index in [2.05, 4.69) is 20.3 Å². The van der Waals surface area contributed by atoms with Crippen LogP contribution in [0.15, 0.2) is 73.3 Å². The minimum atomic E-state index is -0.223. The number of halogens is 2. The van der Waals surface area contributed by atoms with E-state index in [1.165, 1.54) is 58.7 Å². The van der Waals surface area contributed by atoms with Crippen molar-refractivity contribution in [2.75, 3.05) is 5.32 Å². The van der Waals surface area contributed by atoms with Crippen LogP contribution in [-0.4, -0.2) is 29.9 Å². The zero-order valence-corrected chi connectivity index (χ0v) is 28.4. The van der Waals surface area contributed by atoms with Crippen molar-refractivity contribution in [2.45, 2.75) is 57.9 Å². The van der Waals surface area contributed by atoms with Crippen molar-refractivity contribution in [3.05, 3.63) is 111 Å². The highest BCUT2D eigenvalue weighted by Crippen LogP contribution is 2.41. The molecule has 11 heteroatoms. The van der Waals surface area contributed by atoms with Crippen molar-refractivity contribution in [1.82, 2.24) is 29.9 Å². The van der Waals surface area contributed by atoms with E-state index in [4.69, 9.17) is 26.6 Å². The molecule has 0 spiro atoms. The minimum Gasteiger partial charge on any atom is -0.365 e. The number of nitrogens with zero attached hydrogens (tertiary/aromatic N) is 6. The van der Waals surface area contributed by atoms with Gasteiger partial charge in [0.05, 0.1) is 10.8 Å². The second kappa shape index (κ2) is 13.6. The van der Waals surface area contributed by atoms with Gasteiger partial charge >= 0.3 is 0 Å². The largest absolute Gasteiger partial charge is 0.365 e. The van der Waals surface area contributed by atoms with Crippen molar-refractivity contribution >= 4 is 60.5 Å². The lowest BCUT2D eigenvalue weighted by Crippen LogP contribution is -2.05. The molecule has 0 unspecified atom stereocenters. The number of anilines is 1. The maximum Gasteiger partial charge on any atom is 0.164 e. The highest BCUT2D eigenvalue weighted by atomic mass is 35.5. The monoisotopic (exact) mass is 691 g/mol. The fourth-order valence-corrected chi connectivity index (χ4v) is 9.30. The van der Waals surface area contributed by atoms with Crippen LogP contribution in [0.5, 0.6) is 0 Å². The minimum absolute atomic E-state index is 0.223. The number of hydrogen-bond acceptors (Lipinski definition) is 9. The molecule has 0 atom stereocenters. The average molecular weight is 692 g/mol. The van der Waals surface area contributed by atoms with E-state index >= 15 is 0 Å². The van der Waals surface area contributed by atoms with Gasteiger partial charge in [0.15, 0.2) is 11.6 Å². The molecule has 0 amide bonds. The van der Waals surface area contributed by atoms with Crippen molar-refractivity contribution in [1.29, 1.82) is 0 Å². The van der Waals surface area contributed by atoms with Crippen LogP contribution in [0.4, 0.5) is 10.2 Å². The third kappa shape index (κ3) is 6.27. The van der Waals surface area contributed by atoms with Crippen LogP contribution >= 0.6 is 34.3 Å². The van der Waals surface area contributed by atoms with Crippen LogP contribution in [-0.2, 0) is 32.2 Å². The van der Waals surface area contributed by atoms with Gasteiger partial charge < -0.3 is 5.32 Å². The fraction of sp³-hybridized carbons (Fsp3) is 0.243. The number of fused-ring (bicyclic) bond motifs is 6. The molecule has 7 nitrogen and oxygen atoms in total. The number of rotatable bonds is 5. The Morgan fingerprint density at radius 1 is 0.667 bits per heavy atom. The Morgan fingerprint density at radius 2 is 1.23 bits per heavy atom. The van der Waals surface area contributed by atoms with E-state index in [0.29, 0.717) is 23.3 Å². The van der Waals surface area contributed by atoms with Gasteiger partial charge in [-0.3, -0.25) is 9.97 Å². The summed E-state index contributed by atoms with van der Waals surface area (Å²) in [4.78, 5) is 32.1. The van der Waals surface area contributed by atoms with E-state index in [0.717, 1.165) is 68.6 Å². The maximum absolute atomic E-state index is 13.2. The Morgan fingerprint density at radius 3 is 1.83 bits per heavy atom. The second-order valence-corrected chi connectivity index (χ2v) is 14.5. The zero-order chi connectivity index (χ0) is 32.5. The van der Waals surface area contributed by atoms with Gasteiger partial charge in [0, 0.05) is 52.2 Å². The number of aromatic nitrogens is 6. The first-order valence-corrected chi connectivity index (χ1v) is 18.2. The van der Waals surface area contributed by atoms with Gasteiger partial charge in [-0.15, -0.1) is 22.7 Å². The summed E-state index contributed by atoms with van der Waals surface area (Å²) in [6.45, 7) is 0.587. The summed E-state index contributed by atoms with van der Waals surface area (Å²) in [5.41, 5.74) is 5.59. The van der Waals surface area contributed by atoms with E-state index in [9.17, 15) is 4.39 Å². The summed E-state index contributed by atoms with van der Waals surface area (Å²) in [7, 11) is 0. The topological polar surface area (TPSA) is 89.4 Å². The first-order valence-electron chi connectivity index (χ1n) is 16.2. The molecule has 1 aromatic carbocycles. The van der Waals surface area contributed by atoms with Gasteiger partial charge in [0.2, 0.25) is 0 Å². The summed E-state index contributed by atoms with van der Waals surface area (Å²) in [5.74, 6) is 1.97. The van der Waals surface area contributed by atoms with E-state index in [-0.39, 0.29) is 5.82 Å². The summed E-state index contributed by atoms with van der Waals surface area (Å²) < 4.78 is 13.2. The van der Waals surface area contributed by atoms with Gasteiger partial charge in [0.1, 0.15) is 26.4 Å². The van der Waals surface area contributed by atoms with Crippen molar-refractivity contribution in [3.8, 4) is 22.8 Å². The molecule has 2 aliphatic rings. The van der Waals surface area contributed by atoms with E-state index in [1.54, 1.807) is 59.6 Å². The fourth-order valence-electron chi connectivity index (χ4n) is 6.43. The Bertz CT molecular complexity index is 2220. The Balaban J connectivity index is 0.000000148. The molecule has 1 N–H and O–H groups in total. The van der Waals surface area contributed by atoms with Gasteiger partial charge in [-0.05, 0) is 104 Å². The molecule has 0 saturated carbocycles. The summed E-state index contributed by atoms with van der Waals surface area (Å²) in [6, 6.07) is 14.3. The molecule has 0 aliphatic heterocycles. The van der Waals surface area contributed by atoms with Crippen LogP contribution in [0.2, 0.25) is 5.15 Å². The number of thiophene rings is 2. The molecule has 6 heterocycles. The molecular formula is C37H31ClFN7S2. The second-order valence-electron chi connectivity index (χ2n) is 12.0. The molecule has 240 valence electrons. The number of benzene rings is 1. The number of nitrogens with one attached hydrogen (secondary N) is 1. The molecule has 0 fully saturated rings. The van der Waals surface area contributed by atoms with Crippen molar-refractivity contribution in [3.63, 3.8) is 0 Å². The summed E-state index contributed by atoms with van der Waals surface area (Å²) in [6.07, 6.45) is 16.4. The molecule has 2 aliphatic carbocycles. The van der Waals surface area contributed by atoms with Gasteiger partial charge in [-0.1, -0.05) is 23.7 Å². The zero-order valence-electron chi connectivity index (χ0n) is 26.0. The Hall–Kier alpha value is -4.38. The lowest BCUT2D eigenvalue weighted by molar-refractivity contribution is 0.627. The molecule has 9 rings (SSSR count). The average Bonchev–Trinajstić information content (AvgIpc) is 3.71. The van der Waals surface area contributed by atoms with Gasteiger partial charge in [0.25, 0.3) is 0 Å².